The van der Waals surface area contributed by atoms with Crippen LogP contribution in [0.1, 0.15) is 12.7 Å². The molecule has 1 aromatic heterocycles. The normalized spacial score (nSPS) is 11.5. The van der Waals surface area contributed by atoms with Crippen LogP contribution in [0.3, 0.4) is 0 Å². The summed E-state index contributed by atoms with van der Waals surface area (Å²) in [5.74, 6) is -0.890. The van der Waals surface area contributed by atoms with Crippen molar-refractivity contribution in [3.63, 3.8) is 0 Å². The molecular formula is C20H18N4O5S. The fourth-order valence-corrected chi connectivity index (χ4v) is 3.72. The summed E-state index contributed by atoms with van der Waals surface area (Å²) in [5, 5.41) is 10.6. The third-order valence-electron chi connectivity index (χ3n) is 4.04. The minimum absolute atomic E-state index is 0.0986. The van der Waals surface area contributed by atoms with Crippen LogP contribution in [0.2, 0.25) is 0 Å². The fraction of sp³-hybridized carbons (Fsp3) is 0.150. The molecule has 0 fully saturated rings. The maximum Gasteiger partial charge on any atom is 0.264 e. The van der Waals surface area contributed by atoms with Crippen molar-refractivity contribution < 1.29 is 22.5 Å². The summed E-state index contributed by atoms with van der Waals surface area (Å²) in [5.41, 5.74) is 2.98. The standard InChI is InChI=1S/C20H18N4O5S/c1-13-19(20(23-29-13)16-6-4-3-5-7-16)15-8-10-17(11-9-15)30(27,28)24-18(26)12-21-22-14(2)25/h3-11H,12H2,1-2H3,(H,24,26). The van der Waals surface area contributed by atoms with Crippen LogP contribution in [-0.4, -0.2) is 31.9 Å². The molecule has 0 aliphatic heterocycles. The van der Waals surface area contributed by atoms with Gasteiger partial charge in [-0.15, -0.1) is 5.11 Å². The molecule has 30 heavy (non-hydrogen) atoms. The summed E-state index contributed by atoms with van der Waals surface area (Å²) in [6.45, 7) is 2.37. The van der Waals surface area contributed by atoms with Gasteiger partial charge in [-0.05, 0) is 24.6 Å². The van der Waals surface area contributed by atoms with Gasteiger partial charge in [0.15, 0.2) is 0 Å². The van der Waals surface area contributed by atoms with Crippen molar-refractivity contribution >= 4 is 21.8 Å². The Bertz CT molecular complexity index is 1200. The summed E-state index contributed by atoms with van der Waals surface area (Å²) in [4.78, 5) is 22.3. The largest absolute Gasteiger partial charge is 0.360 e. The SMILES string of the molecule is CC(=O)N=NCC(=O)NS(=O)(=O)c1ccc(-c2c(-c3ccccc3)noc2C)cc1. The highest BCUT2D eigenvalue weighted by Crippen LogP contribution is 2.34. The molecule has 0 saturated carbocycles. The molecule has 3 aromatic rings. The zero-order valence-electron chi connectivity index (χ0n) is 16.2. The molecule has 1 N–H and O–H groups in total. The maximum absolute atomic E-state index is 12.4. The van der Waals surface area contributed by atoms with Gasteiger partial charge in [0.2, 0.25) is 0 Å². The summed E-state index contributed by atoms with van der Waals surface area (Å²) < 4.78 is 32.0. The number of rotatable bonds is 6. The van der Waals surface area contributed by atoms with Crippen LogP contribution < -0.4 is 4.72 Å². The van der Waals surface area contributed by atoms with Gasteiger partial charge in [0.1, 0.15) is 18.0 Å². The van der Waals surface area contributed by atoms with E-state index >= 15 is 0 Å². The van der Waals surface area contributed by atoms with Crippen molar-refractivity contribution in [3.05, 3.63) is 60.4 Å². The molecule has 0 aliphatic rings. The van der Waals surface area contributed by atoms with E-state index in [2.05, 4.69) is 15.4 Å². The van der Waals surface area contributed by atoms with E-state index in [4.69, 9.17) is 4.52 Å². The van der Waals surface area contributed by atoms with Crippen LogP contribution in [0, 0.1) is 6.92 Å². The highest BCUT2D eigenvalue weighted by Gasteiger charge is 2.20. The number of carbonyl (C=O) groups is 2. The van der Waals surface area contributed by atoms with Gasteiger partial charge in [-0.25, -0.2) is 13.1 Å². The second kappa shape index (κ2) is 8.78. The first kappa shape index (κ1) is 21.1. The first-order valence-corrected chi connectivity index (χ1v) is 10.3. The third-order valence-corrected chi connectivity index (χ3v) is 5.43. The second-order valence-corrected chi connectivity index (χ2v) is 7.98. The first-order chi connectivity index (χ1) is 14.3. The van der Waals surface area contributed by atoms with Crippen molar-refractivity contribution in [3.8, 4) is 22.4 Å². The number of nitrogens with one attached hydrogen (secondary N) is 1. The molecule has 2 aromatic carbocycles. The van der Waals surface area contributed by atoms with Gasteiger partial charge in [0.25, 0.3) is 21.8 Å². The monoisotopic (exact) mass is 426 g/mol. The maximum atomic E-state index is 12.4. The molecular weight excluding hydrogens is 408 g/mol. The molecule has 0 spiro atoms. The number of amides is 2. The number of carbonyl (C=O) groups excluding carboxylic acids is 2. The van der Waals surface area contributed by atoms with Gasteiger partial charge < -0.3 is 4.52 Å². The van der Waals surface area contributed by atoms with E-state index in [9.17, 15) is 18.0 Å². The first-order valence-electron chi connectivity index (χ1n) is 8.84. The molecule has 0 aliphatic carbocycles. The van der Waals surface area contributed by atoms with Crippen LogP contribution in [0.4, 0.5) is 0 Å². The number of hydrogen-bond donors (Lipinski definition) is 1. The van der Waals surface area contributed by atoms with E-state index in [1.54, 1.807) is 19.1 Å². The lowest BCUT2D eigenvalue weighted by Crippen LogP contribution is -2.32. The molecule has 0 unspecified atom stereocenters. The molecule has 10 heteroatoms. The predicted octanol–water partition coefficient (Wildman–Crippen LogP) is 3.12. The Labute approximate surface area is 172 Å². The molecule has 0 saturated heterocycles. The van der Waals surface area contributed by atoms with E-state index in [0.29, 0.717) is 17.0 Å². The van der Waals surface area contributed by atoms with Crippen molar-refractivity contribution in [2.75, 3.05) is 6.54 Å². The average Bonchev–Trinajstić information content (AvgIpc) is 3.09. The lowest BCUT2D eigenvalue weighted by molar-refractivity contribution is -0.118. The molecule has 154 valence electrons. The average molecular weight is 426 g/mol. The van der Waals surface area contributed by atoms with Crippen LogP contribution in [0.5, 0.6) is 0 Å². The van der Waals surface area contributed by atoms with Gasteiger partial charge in [0.05, 0.1) is 10.5 Å². The lowest BCUT2D eigenvalue weighted by atomic mass is 10.00. The number of benzene rings is 2. The minimum Gasteiger partial charge on any atom is -0.360 e. The molecule has 0 radical (unpaired) electrons. The number of aryl methyl sites for hydroxylation is 1. The van der Waals surface area contributed by atoms with Crippen molar-refractivity contribution in [1.29, 1.82) is 0 Å². The smallest absolute Gasteiger partial charge is 0.264 e. The van der Waals surface area contributed by atoms with Gasteiger partial charge in [0, 0.05) is 12.5 Å². The number of aromatic nitrogens is 1. The highest BCUT2D eigenvalue weighted by molar-refractivity contribution is 7.90. The van der Waals surface area contributed by atoms with Crippen LogP contribution >= 0.6 is 0 Å². The summed E-state index contributed by atoms with van der Waals surface area (Å²) in [7, 11) is -4.09. The molecule has 9 nitrogen and oxygen atoms in total. The summed E-state index contributed by atoms with van der Waals surface area (Å²) >= 11 is 0. The number of nitrogens with zero attached hydrogens (tertiary/aromatic N) is 3. The van der Waals surface area contributed by atoms with E-state index in [0.717, 1.165) is 11.1 Å². The number of azo groups is 1. The van der Waals surface area contributed by atoms with E-state index < -0.39 is 28.4 Å². The summed E-state index contributed by atoms with van der Waals surface area (Å²) in [6, 6.07) is 15.4. The Morgan fingerprint density at radius 2 is 1.70 bits per heavy atom. The van der Waals surface area contributed by atoms with E-state index in [1.165, 1.54) is 19.1 Å². The topological polar surface area (TPSA) is 131 Å². The van der Waals surface area contributed by atoms with Crippen molar-refractivity contribution in [2.24, 2.45) is 10.2 Å². The minimum atomic E-state index is -4.09. The van der Waals surface area contributed by atoms with Gasteiger partial charge in [-0.1, -0.05) is 47.6 Å². The van der Waals surface area contributed by atoms with Gasteiger partial charge in [-0.3, -0.25) is 9.59 Å². The van der Waals surface area contributed by atoms with Gasteiger partial charge in [-0.2, -0.15) is 5.11 Å². The lowest BCUT2D eigenvalue weighted by Gasteiger charge is -2.07. The Morgan fingerprint density at radius 3 is 2.33 bits per heavy atom. The molecule has 2 amide bonds. The Hall–Kier alpha value is -3.66. The quantitative estimate of drug-likeness (QED) is 0.603. The van der Waals surface area contributed by atoms with E-state index in [-0.39, 0.29) is 4.90 Å². The fourth-order valence-electron chi connectivity index (χ4n) is 2.75. The van der Waals surface area contributed by atoms with Crippen molar-refractivity contribution in [1.82, 2.24) is 9.88 Å². The third kappa shape index (κ3) is 4.84. The number of hydrogen-bond acceptors (Lipinski definition) is 7. The Balaban J connectivity index is 1.83. The van der Waals surface area contributed by atoms with E-state index in [1.807, 2.05) is 35.1 Å². The molecule has 0 atom stereocenters. The summed E-state index contributed by atoms with van der Waals surface area (Å²) in [6.07, 6.45) is 0. The van der Waals surface area contributed by atoms with Gasteiger partial charge >= 0.3 is 0 Å². The van der Waals surface area contributed by atoms with Crippen LogP contribution in [-0.2, 0) is 19.6 Å². The predicted molar refractivity (Wildman–Crippen MR) is 108 cm³/mol. The Morgan fingerprint density at radius 1 is 1.03 bits per heavy atom. The van der Waals surface area contributed by atoms with Crippen molar-refractivity contribution in [2.45, 2.75) is 18.7 Å². The second-order valence-electron chi connectivity index (χ2n) is 6.30. The zero-order valence-corrected chi connectivity index (χ0v) is 17.0. The zero-order chi connectivity index (χ0) is 21.7. The molecule has 3 rings (SSSR count). The van der Waals surface area contributed by atoms with Crippen LogP contribution in [0.15, 0.2) is 74.2 Å². The van der Waals surface area contributed by atoms with Crippen LogP contribution in [0.25, 0.3) is 22.4 Å². The molecule has 0 bridgehead atoms. The number of sulfonamides is 1. The molecule has 1 heterocycles. The highest BCUT2D eigenvalue weighted by atomic mass is 32.2. The Kier molecular flexibility index (Phi) is 6.17.